The lowest BCUT2D eigenvalue weighted by Crippen LogP contribution is -1.95. The highest BCUT2D eigenvalue weighted by Gasteiger charge is 2.08. The topological polar surface area (TPSA) is 42.0 Å². The van der Waals surface area contributed by atoms with Crippen molar-refractivity contribution in [3.63, 3.8) is 0 Å². The number of nitrogens with one attached hydrogen (secondary N) is 1. The van der Waals surface area contributed by atoms with E-state index in [1.165, 1.54) is 11.1 Å². The zero-order chi connectivity index (χ0) is 16.4. The molecule has 0 fully saturated rings. The number of anilines is 2. The Morgan fingerprint density at radius 3 is 2.70 bits per heavy atom. The maximum absolute atomic E-state index is 11.5. The highest BCUT2D eigenvalue weighted by atomic mass is 32.1. The third kappa shape index (κ3) is 3.48. The second-order valence-electron chi connectivity index (χ2n) is 5.62. The number of thiazole rings is 1. The minimum absolute atomic E-state index is 0.0590. The van der Waals surface area contributed by atoms with Gasteiger partial charge in [0.15, 0.2) is 10.9 Å². The second kappa shape index (κ2) is 6.34. The molecule has 0 saturated carbocycles. The highest BCUT2D eigenvalue weighted by molar-refractivity contribution is 7.14. The number of benzene rings is 2. The smallest absolute Gasteiger partial charge is 0.187 e. The summed E-state index contributed by atoms with van der Waals surface area (Å²) in [5, 5.41) is 6.15. The second-order valence-corrected chi connectivity index (χ2v) is 6.48. The van der Waals surface area contributed by atoms with Gasteiger partial charge in [0.25, 0.3) is 0 Å². The highest BCUT2D eigenvalue weighted by Crippen LogP contribution is 2.29. The molecular formula is C19H18N2OS. The lowest BCUT2D eigenvalue weighted by molar-refractivity contribution is 0.101. The van der Waals surface area contributed by atoms with E-state index in [2.05, 4.69) is 47.7 Å². The van der Waals surface area contributed by atoms with E-state index in [1.54, 1.807) is 18.3 Å². The molecule has 0 aliphatic carbocycles. The summed E-state index contributed by atoms with van der Waals surface area (Å²) in [6, 6.07) is 13.8. The van der Waals surface area contributed by atoms with Gasteiger partial charge in [-0.25, -0.2) is 4.98 Å². The molecule has 0 amide bonds. The zero-order valence-corrected chi connectivity index (χ0v) is 14.2. The molecule has 0 atom stereocenters. The molecular weight excluding hydrogens is 304 g/mol. The van der Waals surface area contributed by atoms with Crippen molar-refractivity contribution in [1.29, 1.82) is 0 Å². The van der Waals surface area contributed by atoms with Gasteiger partial charge >= 0.3 is 0 Å². The molecule has 0 spiro atoms. The van der Waals surface area contributed by atoms with Crippen LogP contribution in [0.15, 0.2) is 47.8 Å². The predicted octanol–water partition coefficient (Wildman–Crippen LogP) is 5.37. The minimum Gasteiger partial charge on any atom is -0.332 e. The number of carbonyl (C=O) groups is 1. The van der Waals surface area contributed by atoms with E-state index >= 15 is 0 Å². The number of Topliss-reactive ketones (excluding diaryl/α,β-unsaturated/α-hetero) is 1. The Balaban J connectivity index is 1.85. The van der Waals surface area contributed by atoms with Crippen LogP contribution in [0, 0.1) is 13.8 Å². The van der Waals surface area contributed by atoms with Crippen molar-refractivity contribution < 1.29 is 4.79 Å². The fraction of sp³-hybridized carbons (Fsp3) is 0.158. The van der Waals surface area contributed by atoms with E-state index in [-0.39, 0.29) is 5.78 Å². The quantitative estimate of drug-likeness (QED) is 0.656. The van der Waals surface area contributed by atoms with Gasteiger partial charge < -0.3 is 5.32 Å². The van der Waals surface area contributed by atoms with E-state index in [0.717, 1.165) is 22.1 Å². The Morgan fingerprint density at radius 2 is 1.96 bits per heavy atom. The van der Waals surface area contributed by atoms with E-state index in [1.807, 2.05) is 24.3 Å². The van der Waals surface area contributed by atoms with E-state index in [0.29, 0.717) is 5.56 Å². The molecule has 3 aromatic rings. The van der Waals surface area contributed by atoms with Gasteiger partial charge in [-0.3, -0.25) is 4.79 Å². The first-order valence-electron chi connectivity index (χ1n) is 7.44. The van der Waals surface area contributed by atoms with Gasteiger partial charge in [0.1, 0.15) is 0 Å². The summed E-state index contributed by atoms with van der Waals surface area (Å²) in [5.74, 6) is 0.0590. The first-order valence-corrected chi connectivity index (χ1v) is 8.32. The van der Waals surface area contributed by atoms with Gasteiger partial charge in [0.2, 0.25) is 0 Å². The molecule has 1 aromatic heterocycles. The monoisotopic (exact) mass is 322 g/mol. The fourth-order valence-corrected chi connectivity index (χ4v) is 3.23. The maximum Gasteiger partial charge on any atom is 0.187 e. The first kappa shape index (κ1) is 15.4. The molecule has 3 nitrogen and oxygen atoms in total. The van der Waals surface area contributed by atoms with Gasteiger partial charge in [0.05, 0.1) is 5.69 Å². The van der Waals surface area contributed by atoms with Crippen LogP contribution in [-0.2, 0) is 0 Å². The van der Waals surface area contributed by atoms with Crippen molar-refractivity contribution >= 4 is 27.9 Å². The van der Waals surface area contributed by atoms with Crippen LogP contribution >= 0.6 is 11.3 Å². The van der Waals surface area contributed by atoms with Gasteiger partial charge in [-0.05, 0) is 38.5 Å². The predicted molar refractivity (Wildman–Crippen MR) is 96.8 cm³/mol. The van der Waals surface area contributed by atoms with Crippen LogP contribution in [0.5, 0.6) is 0 Å². The van der Waals surface area contributed by atoms with Crippen molar-refractivity contribution in [2.24, 2.45) is 0 Å². The Kier molecular flexibility index (Phi) is 4.26. The summed E-state index contributed by atoms with van der Waals surface area (Å²) >= 11 is 1.56. The molecule has 0 aliphatic heterocycles. The molecule has 0 saturated heterocycles. The Hall–Kier alpha value is -2.46. The third-order valence-electron chi connectivity index (χ3n) is 3.68. The van der Waals surface area contributed by atoms with Crippen LogP contribution in [-0.4, -0.2) is 10.8 Å². The number of hydrogen-bond donors (Lipinski definition) is 1. The molecule has 0 radical (unpaired) electrons. The van der Waals surface area contributed by atoms with Crippen LogP contribution in [0.4, 0.5) is 10.8 Å². The number of aryl methyl sites for hydroxylation is 2. The number of aromatic nitrogens is 1. The van der Waals surface area contributed by atoms with Crippen LogP contribution < -0.4 is 5.32 Å². The Labute approximate surface area is 140 Å². The summed E-state index contributed by atoms with van der Waals surface area (Å²) in [6.07, 6.45) is 0. The van der Waals surface area contributed by atoms with Crippen molar-refractivity contribution in [2.75, 3.05) is 5.32 Å². The van der Waals surface area contributed by atoms with Crippen LogP contribution in [0.3, 0.4) is 0 Å². The maximum atomic E-state index is 11.5. The molecule has 0 unspecified atom stereocenters. The summed E-state index contributed by atoms with van der Waals surface area (Å²) < 4.78 is 0. The van der Waals surface area contributed by atoms with E-state index in [4.69, 9.17) is 0 Å². The zero-order valence-electron chi connectivity index (χ0n) is 13.4. The van der Waals surface area contributed by atoms with E-state index < -0.39 is 0 Å². The van der Waals surface area contributed by atoms with Crippen molar-refractivity contribution in [3.8, 4) is 11.3 Å². The van der Waals surface area contributed by atoms with Gasteiger partial charge in [-0.2, -0.15) is 0 Å². The third-order valence-corrected chi connectivity index (χ3v) is 4.44. The molecule has 3 rings (SSSR count). The summed E-state index contributed by atoms with van der Waals surface area (Å²) in [4.78, 5) is 16.1. The number of rotatable bonds is 4. The largest absolute Gasteiger partial charge is 0.332 e. The normalized spacial score (nSPS) is 10.6. The van der Waals surface area contributed by atoms with Crippen LogP contribution in [0.1, 0.15) is 28.4 Å². The average Bonchev–Trinajstić information content (AvgIpc) is 2.95. The number of carbonyl (C=O) groups excluding carboxylic acids is 1. The molecule has 4 heteroatoms. The molecule has 23 heavy (non-hydrogen) atoms. The fourth-order valence-electron chi connectivity index (χ4n) is 2.50. The van der Waals surface area contributed by atoms with Gasteiger partial charge in [-0.1, -0.05) is 35.9 Å². The van der Waals surface area contributed by atoms with Gasteiger partial charge in [0, 0.05) is 22.2 Å². The van der Waals surface area contributed by atoms with Crippen LogP contribution in [0.25, 0.3) is 11.3 Å². The summed E-state index contributed by atoms with van der Waals surface area (Å²) in [6.45, 7) is 5.76. The molecule has 0 aliphatic rings. The molecule has 2 aromatic carbocycles. The first-order chi connectivity index (χ1) is 11.0. The summed E-state index contributed by atoms with van der Waals surface area (Å²) in [7, 11) is 0. The summed E-state index contributed by atoms with van der Waals surface area (Å²) in [5.41, 5.74) is 6.16. The van der Waals surface area contributed by atoms with Crippen LogP contribution in [0.2, 0.25) is 0 Å². The molecule has 0 bridgehead atoms. The van der Waals surface area contributed by atoms with Crippen molar-refractivity contribution in [3.05, 3.63) is 64.5 Å². The van der Waals surface area contributed by atoms with Crippen molar-refractivity contribution in [2.45, 2.75) is 20.8 Å². The average molecular weight is 322 g/mol. The lowest BCUT2D eigenvalue weighted by Gasteiger charge is -2.05. The molecule has 116 valence electrons. The number of ketones is 1. The Bertz CT molecular complexity index is 867. The number of hydrogen-bond acceptors (Lipinski definition) is 4. The number of nitrogens with zero attached hydrogens (tertiary/aromatic N) is 1. The van der Waals surface area contributed by atoms with E-state index in [9.17, 15) is 4.79 Å². The lowest BCUT2D eigenvalue weighted by atomic mass is 10.0. The minimum atomic E-state index is 0.0590. The van der Waals surface area contributed by atoms with Crippen molar-refractivity contribution in [1.82, 2.24) is 4.98 Å². The molecule has 1 heterocycles. The standard InChI is InChI=1S/C19H18N2OS/c1-12-7-8-17(13(2)9-12)18-11-23-19(21-18)20-16-6-4-5-15(10-16)14(3)22/h4-11H,1-3H3,(H,20,21). The molecule has 1 N–H and O–H groups in total. The SMILES string of the molecule is CC(=O)c1cccc(Nc2nc(-c3ccc(C)cc3C)cs2)c1. The Morgan fingerprint density at radius 1 is 1.13 bits per heavy atom. The van der Waals surface area contributed by atoms with Gasteiger partial charge in [-0.15, -0.1) is 11.3 Å².